The van der Waals surface area contributed by atoms with Gasteiger partial charge in [0, 0.05) is 12.1 Å². The largest absolute Gasteiger partial charge is 0.539 e. The molecule has 2 heterocycles. The molecule has 10 nitrogen and oxygen atoms in total. The van der Waals surface area contributed by atoms with Crippen molar-refractivity contribution in [1.82, 2.24) is 25.5 Å². The fourth-order valence-electron chi connectivity index (χ4n) is 2.58. The monoisotopic (exact) mass is 410 g/mol. The SMILES string of the molecule is COc1ccc(-[n+]2noc([O-])c2C(=O)CSc2nnnn2-c2ccccc2)cc1. The fraction of sp³-hybridized carbons (Fsp3) is 0.111. The van der Waals surface area contributed by atoms with Crippen LogP contribution in [-0.4, -0.2) is 44.1 Å². The van der Waals surface area contributed by atoms with Gasteiger partial charge >= 0.3 is 5.69 Å². The van der Waals surface area contributed by atoms with Crippen molar-refractivity contribution in [2.45, 2.75) is 5.16 Å². The highest BCUT2D eigenvalue weighted by Crippen LogP contribution is 2.21. The second-order valence-corrected chi connectivity index (χ2v) is 6.68. The molecule has 0 saturated heterocycles. The lowest BCUT2D eigenvalue weighted by atomic mass is 10.2. The standard InChI is InChI=1S/C18H14N6O4S/c1-27-14-9-7-13(8-10-14)23-16(17(26)28-22-23)15(25)11-29-18-19-20-21-24(18)12-5-3-2-4-6-12/h2-10H,11H2,1H3. The smallest absolute Gasteiger partial charge is 0.307 e. The quantitative estimate of drug-likeness (QED) is 0.249. The Kier molecular flexibility index (Phi) is 5.20. The van der Waals surface area contributed by atoms with Gasteiger partial charge < -0.3 is 14.4 Å². The maximum Gasteiger partial charge on any atom is 0.307 e. The molecule has 0 amide bonds. The zero-order valence-electron chi connectivity index (χ0n) is 15.1. The van der Waals surface area contributed by atoms with Crippen molar-refractivity contribution >= 4 is 17.5 Å². The Morgan fingerprint density at radius 1 is 1.21 bits per heavy atom. The lowest BCUT2D eigenvalue weighted by Gasteiger charge is -2.03. The van der Waals surface area contributed by atoms with Crippen LogP contribution < -0.4 is 14.5 Å². The summed E-state index contributed by atoms with van der Waals surface area (Å²) in [7, 11) is 1.54. The molecule has 2 aromatic heterocycles. The van der Waals surface area contributed by atoms with Crippen LogP contribution in [0, 0.1) is 0 Å². The second kappa shape index (κ2) is 8.10. The van der Waals surface area contributed by atoms with Gasteiger partial charge in [-0.05, 0) is 39.4 Å². The van der Waals surface area contributed by atoms with E-state index in [1.165, 1.54) is 9.36 Å². The molecule has 0 unspecified atom stereocenters. The van der Waals surface area contributed by atoms with Gasteiger partial charge in [-0.1, -0.05) is 30.0 Å². The van der Waals surface area contributed by atoms with E-state index in [0.717, 1.165) is 17.4 Å². The number of rotatable bonds is 7. The van der Waals surface area contributed by atoms with E-state index < -0.39 is 11.7 Å². The van der Waals surface area contributed by atoms with Crippen molar-refractivity contribution in [2.24, 2.45) is 0 Å². The van der Waals surface area contributed by atoms with E-state index in [4.69, 9.17) is 9.26 Å². The van der Waals surface area contributed by atoms with E-state index in [1.807, 2.05) is 30.3 Å². The van der Waals surface area contributed by atoms with Crippen LogP contribution in [0.1, 0.15) is 10.5 Å². The number of carbonyl (C=O) groups excluding carboxylic acids is 1. The summed E-state index contributed by atoms with van der Waals surface area (Å²) in [5.41, 5.74) is 1.08. The highest BCUT2D eigenvalue weighted by atomic mass is 32.2. The number of nitrogens with zero attached hydrogens (tertiary/aromatic N) is 6. The number of carbonyl (C=O) groups is 1. The average Bonchev–Trinajstić information content (AvgIpc) is 3.39. The predicted molar refractivity (Wildman–Crippen MR) is 98.2 cm³/mol. The molecule has 0 radical (unpaired) electrons. The number of hydrogen-bond donors (Lipinski definition) is 0. The number of Topliss-reactive ketones (excluding diaryl/α,β-unsaturated/α-hetero) is 1. The lowest BCUT2D eigenvalue weighted by Crippen LogP contribution is -2.39. The highest BCUT2D eigenvalue weighted by molar-refractivity contribution is 7.99. The molecule has 0 fully saturated rings. The van der Waals surface area contributed by atoms with Crippen molar-refractivity contribution in [3.8, 4) is 23.1 Å². The number of ether oxygens (including phenoxy) is 1. The third-order valence-corrected chi connectivity index (χ3v) is 4.88. The first-order valence-electron chi connectivity index (χ1n) is 8.40. The highest BCUT2D eigenvalue weighted by Gasteiger charge is 2.28. The van der Waals surface area contributed by atoms with Crippen LogP contribution in [-0.2, 0) is 0 Å². The number of ketones is 1. The van der Waals surface area contributed by atoms with Gasteiger partial charge in [-0.15, -0.1) is 5.10 Å². The molecule has 0 N–H and O–H groups in total. The molecule has 11 heteroatoms. The van der Waals surface area contributed by atoms with Gasteiger partial charge in [0.25, 0.3) is 0 Å². The Morgan fingerprint density at radius 3 is 2.69 bits per heavy atom. The van der Waals surface area contributed by atoms with Crippen LogP contribution in [0.4, 0.5) is 0 Å². The number of hydrogen-bond acceptors (Lipinski definition) is 9. The maximum absolute atomic E-state index is 12.7. The van der Waals surface area contributed by atoms with E-state index in [9.17, 15) is 9.90 Å². The zero-order valence-corrected chi connectivity index (χ0v) is 15.9. The van der Waals surface area contributed by atoms with E-state index in [-0.39, 0.29) is 11.4 Å². The molecule has 4 rings (SSSR count). The number of thioether (sulfide) groups is 1. The molecule has 0 spiro atoms. The molecule has 2 aromatic carbocycles. The second-order valence-electron chi connectivity index (χ2n) is 5.74. The Hall–Kier alpha value is -3.73. The summed E-state index contributed by atoms with van der Waals surface area (Å²) in [6, 6.07) is 16.0. The number of aromatic nitrogens is 6. The predicted octanol–water partition coefficient (Wildman–Crippen LogP) is 0.984. The van der Waals surface area contributed by atoms with Crippen molar-refractivity contribution in [1.29, 1.82) is 0 Å². The molecule has 0 saturated carbocycles. The molecule has 0 bridgehead atoms. The zero-order chi connectivity index (χ0) is 20.2. The molecular formula is C18H14N6O4S. The van der Waals surface area contributed by atoms with Gasteiger partial charge in [-0.2, -0.15) is 4.68 Å². The summed E-state index contributed by atoms with van der Waals surface area (Å²) >= 11 is 1.11. The summed E-state index contributed by atoms with van der Waals surface area (Å²) < 4.78 is 12.5. The van der Waals surface area contributed by atoms with Crippen LogP contribution in [0.15, 0.2) is 64.3 Å². The topological polar surface area (TPSA) is 123 Å². The number of methoxy groups -OCH3 is 1. The molecule has 0 aliphatic carbocycles. The van der Waals surface area contributed by atoms with Gasteiger partial charge in [0.05, 0.1) is 23.8 Å². The first-order valence-corrected chi connectivity index (χ1v) is 9.39. The minimum Gasteiger partial charge on any atom is -0.539 e. The van der Waals surface area contributed by atoms with E-state index in [1.54, 1.807) is 31.4 Å². The maximum atomic E-state index is 12.7. The first-order chi connectivity index (χ1) is 14.2. The van der Waals surface area contributed by atoms with Gasteiger partial charge in [0.1, 0.15) is 5.75 Å². The number of tetrazole rings is 1. The van der Waals surface area contributed by atoms with Crippen LogP contribution in [0.5, 0.6) is 11.7 Å². The van der Waals surface area contributed by atoms with Crippen LogP contribution >= 0.6 is 11.8 Å². The summed E-state index contributed by atoms with van der Waals surface area (Å²) in [6.07, 6.45) is 0. The Morgan fingerprint density at radius 2 is 1.97 bits per heavy atom. The lowest BCUT2D eigenvalue weighted by molar-refractivity contribution is -0.672. The third kappa shape index (κ3) is 3.80. The van der Waals surface area contributed by atoms with Gasteiger partial charge in [-0.25, -0.2) is 0 Å². The van der Waals surface area contributed by atoms with Gasteiger partial charge in [0.2, 0.25) is 16.6 Å². The van der Waals surface area contributed by atoms with E-state index >= 15 is 0 Å². The molecule has 4 aromatic rings. The van der Waals surface area contributed by atoms with Crippen molar-refractivity contribution in [3.05, 3.63) is 60.3 Å². The van der Waals surface area contributed by atoms with Crippen LogP contribution in [0.3, 0.4) is 0 Å². The molecule has 29 heavy (non-hydrogen) atoms. The van der Waals surface area contributed by atoms with Crippen LogP contribution in [0.25, 0.3) is 11.4 Å². The van der Waals surface area contributed by atoms with Gasteiger partial charge in [-0.3, -0.25) is 4.79 Å². The summed E-state index contributed by atoms with van der Waals surface area (Å²) in [4.78, 5) is 12.7. The summed E-state index contributed by atoms with van der Waals surface area (Å²) in [5.74, 6) is -0.704. The van der Waals surface area contributed by atoms with Gasteiger partial charge in [0.15, 0.2) is 5.95 Å². The van der Waals surface area contributed by atoms with Crippen molar-refractivity contribution in [3.63, 3.8) is 0 Å². The van der Waals surface area contributed by atoms with E-state index in [0.29, 0.717) is 16.6 Å². The Bertz CT molecular complexity index is 1130. The molecular weight excluding hydrogens is 396 g/mol. The fourth-order valence-corrected chi connectivity index (χ4v) is 3.33. The normalized spacial score (nSPS) is 10.8. The third-order valence-electron chi connectivity index (χ3n) is 3.97. The summed E-state index contributed by atoms with van der Waals surface area (Å²) in [5, 5.41) is 27.7. The van der Waals surface area contributed by atoms with Crippen molar-refractivity contribution < 1.29 is 23.8 Å². The minimum absolute atomic E-state index is 0.0696. The minimum atomic E-state index is -0.811. The summed E-state index contributed by atoms with van der Waals surface area (Å²) in [6.45, 7) is 0. The Labute approximate surface area is 168 Å². The van der Waals surface area contributed by atoms with E-state index in [2.05, 4.69) is 20.8 Å². The molecule has 0 aliphatic heterocycles. The molecule has 0 atom stereocenters. The molecule has 0 aliphatic rings. The van der Waals surface area contributed by atoms with Crippen LogP contribution in [0.2, 0.25) is 0 Å². The average molecular weight is 410 g/mol. The number of benzene rings is 2. The molecule has 146 valence electrons. The van der Waals surface area contributed by atoms with Crippen molar-refractivity contribution in [2.75, 3.05) is 12.9 Å². The number of para-hydroxylation sites is 1. The Balaban J connectivity index is 1.55. The first kappa shape index (κ1) is 18.6.